The normalized spacial score (nSPS) is 37.7. The van der Waals surface area contributed by atoms with E-state index in [2.05, 4.69) is 11.9 Å². The molecule has 0 spiro atoms. The van der Waals surface area contributed by atoms with Gasteiger partial charge in [0.2, 0.25) is 0 Å². The van der Waals surface area contributed by atoms with Crippen molar-refractivity contribution in [2.24, 2.45) is 5.73 Å². The molecule has 2 rings (SSSR count). The van der Waals surface area contributed by atoms with E-state index < -0.39 is 6.04 Å². The Hall–Kier alpha value is -0.610. The Morgan fingerprint density at radius 1 is 1.40 bits per heavy atom. The number of ether oxygens (including phenoxy) is 1. The smallest absolute Gasteiger partial charge is 0.322 e. The molecular weight excluding hydrogens is 192 g/mol. The second kappa shape index (κ2) is 4.10. The zero-order valence-electron chi connectivity index (χ0n) is 9.48. The van der Waals surface area contributed by atoms with Gasteiger partial charge in [0.1, 0.15) is 12.1 Å². The van der Waals surface area contributed by atoms with Crippen molar-refractivity contribution >= 4 is 5.97 Å². The van der Waals surface area contributed by atoms with Gasteiger partial charge in [-0.15, -0.1) is 0 Å². The molecule has 2 N–H and O–H groups in total. The molecule has 0 radical (unpaired) electrons. The van der Waals surface area contributed by atoms with Gasteiger partial charge in [-0.05, 0) is 39.7 Å². The van der Waals surface area contributed by atoms with Crippen molar-refractivity contribution in [3.63, 3.8) is 0 Å². The quantitative estimate of drug-likeness (QED) is 0.677. The van der Waals surface area contributed by atoms with E-state index in [1.165, 1.54) is 12.8 Å². The lowest BCUT2D eigenvalue weighted by molar-refractivity contribution is -0.153. The van der Waals surface area contributed by atoms with Crippen molar-refractivity contribution in [2.45, 2.75) is 56.8 Å². The number of nitrogens with two attached hydrogens (primary N) is 1. The first-order valence-electron chi connectivity index (χ1n) is 5.76. The molecule has 0 aromatic carbocycles. The zero-order chi connectivity index (χ0) is 11.0. The van der Waals surface area contributed by atoms with E-state index in [-0.39, 0.29) is 12.1 Å². The Morgan fingerprint density at radius 2 is 1.93 bits per heavy atom. The maximum absolute atomic E-state index is 11.4. The summed E-state index contributed by atoms with van der Waals surface area (Å²) in [4.78, 5) is 13.8. The van der Waals surface area contributed by atoms with Crippen molar-refractivity contribution in [1.82, 2.24) is 4.90 Å². The second-order valence-corrected chi connectivity index (χ2v) is 4.87. The van der Waals surface area contributed by atoms with Crippen LogP contribution in [-0.2, 0) is 9.53 Å². The van der Waals surface area contributed by atoms with Gasteiger partial charge in [0.25, 0.3) is 0 Å². The fraction of sp³-hybridized carbons (Fsp3) is 0.909. The first-order chi connectivity index (χ1) is 7.08. The van der Waals surface area contributed by atoms with Crippen molar-refractivity contribution in [3.05, 3.63) is 0 Å². The van der Waals surface area contributed by atoms with Crippen LogP contribution in [0.3, 0.4) is 0 Å². The zero-order valence-corrected chi connectivity index (χ0v) is 9.48. The summed E-state index contributed by atoms with van der Waals surface area (Å²) in [5.41, 5.74) is 5.48. The Kier molecular flexibility index (Phi) is 2.98. The number of fused-ring (bicyclic) bond motifs is 2. The van der Waals surface area contributed by atoms with Crippen molar-refractivity contribution in [2.75, 3.05) is 7.05 Å². The molecule has 0 saturated carbocycles. The Labute approximate surface area is 90.8 Å². The number of hydrogen-bond donors (Lipinski definition) is 1. The molecule has 0 amide bonds. The van der Waals surface area contributed by atoms with E-state index in [1.54, 1.807) is 6.92 Å². The Balaban J connectivity index is 1.89. The number of esters is 1. The lowest BCUT2D eigenvalue weighted by Gasteiger charge is -2.36. The molecule has 4 atom stereocenters. The third kappa shape index (κ3) is 2.16. The van der Waals surface area contributed by atoms with E-state index in [1.807, 2.05) is 0 Å². The van der Waals surface area contributed by atoms with E-state index in [9.17, 15) is 4.79 Å². The minimum atomic E-state index is -0.498. The monoisotopic (exact) mass is 212 g/mol. The van der Waals surface area contributed by atoms with Gasteiger partial charge in [0, 0.05) is 12.1 Å². The summed E-state index contributed by atoms with van der Waals surface area (Å²) in [5.74, 6) is -0.260. The summed E-state index contributed by atoms with van der Waals surface area (Å²) in [7, 11) is 2.17. The number of rotatable bonds is 2. The summed E-state index contributed by atoms with van der Waals surface area (Å²) in [6.45, 7) is 1.67. The fourth-order valence-electron chi connectivity index (χ4n) is 2.73. The predicted molar refractivity (Wildman–Crippen MR) is 57.3 cm³/mol. The number of nitrogens with zero attached hydrogens (tertiary/aromatic N) is 1. The first kappa shape index (κ1) is 10.9. The van der Waals surface area contributed by atoms with Crippen molar-refractivity contribution < 1.29 is 9.53 Å². The van der Waals surface area contributed by atoms with Crippen LogP contribution in [-0.4, -0.2) is 42.1 Å². The van der Waals surface area contributed by atoms with Crippen LogP contribution < -0.4 is 5.73 Å². The maximum atomic E-state index is 11.4. The van der Waals surface area contributed by atoms with Gasteiger partial charge in [-0.2, -0.15) is 0 Å². The van der Waals surface area contributed by atoms with Crippen LogP contribution in [0.25, 0.3) is 0 Å². The molecule has 2 bridgehead atoms. The van der Waals surface area contributed by atoms with Crippen LogP contribution in [0, 0.1) is 0 Å². The molecule has 2 unspecified atom stereocenters. The predicted octanol–water partition coefficient (Wildman–Crippen LogP) is 0.502. The van der Waals surface area contributed by atoms with Gasteiger partial charge in [0.15, 0.2) is 0 Å². The van der Waals surface area contributed by atoms with Gasteiger partial charge in [-0.1, -0.05) is 0 Å². The van der Waals surface area contributed by atoms with E-state index >= 15 is 0 Å². The van der Waals surface area contributed by atoms with Crippen LogP contribution in [0.15, 0.2) is 0 Å². The van der Waals surface area contributed by atoms with Gasteiger partial charge in [-0.25, -0.2) is 0 Å². The number of carbonyl (C=O) groups excluding carboxylic acids is 1. The fourth-order valence-corrected chi connectivity index (χ4v) is 2.73. The highest BCUT2D eigenvalue weighted by atomic mass is 16.5. The molecule has 2 heterocycles. The first-order valence-corrected chi connectivity index (χ1v) is 5.76. The molecule has 0 aliphatic carbocycles. The van der Waals surface area contributed by atoms with Crippen LogP contribution in [0.2, 0.25) is 0 Å². The number of hydrogen-bond acceptors (Lipinski definition) is 4. The minimum absolute atomic E-state index is 0.0946. The second-order valence-electron chi connectivity index (χ2n) is 4.87. The van der Waals surface area contributed by atoms with Crippen molar-refractivity contribution in [1.29, 1.82) is 0 Å². The van der Waals surface area contributed by atoms with Gasteiger partial charge >= 0.3 is 5.97 Å². The number of piperidine rings is 1. The Bertz CT molecular complexity index is 241. The summed E-state index contributed by atoms with van der Waals surface area (Å²) in [6.07, 6.45) is 4.54. The topological polar surface area (TPSA) is 55.6 Å². The highest BCUT2D eigenvalue weighted by Gasteiger charge is 2.39. The molecule has 2 fully saturated rings. The minimum Gasteiger partial charge on any atom is -0.461 e. The summed E-state index contributed by atoms with van der Waals surface area (Å²) >= 11 is 0. The molecule has 86 valence electrons. The molecule has 0 aromatic rings. The Morgan fingerprint density at radius 3 is 2.40 bits per heavy atom. The van der Waals surface area contributed by atoms with E-state index in [4.69, 9.17) is 10.5 Å². The van der Waals surface area contributed by atoms with Gasteiger partial charge in [-0.3, -0.25) is 4.79 Å². The third-order valence-electron chi connectivity index (χ3n) is 3.71. The molecule has 15 heavy (non-hydrogen) atoms. The third-order valence-corrected chi connectivity index (χ3v) is 3.71. The lowest BCUT2D eigenvalue weighted by Crippen LogP contribution is -2.44. The average Bonchev–Trinajstić information content (AvgIpc) is 2.41. The highest BCUT2D eigenvalue weighted by molar-refractivity contribution is 5.75. The van der Waals surface area contributed by atoms with Crippen LogP contribution in [0.4, 0.5) is 0 Å². The summed E-state index contributed by atoms with van der Waals surface area (Å²) in [6, 6.07) is 0.714. The van der Waals surface area contributed by atoms with Gasteiger partial charge < -0.3 is 15.4 Å². The summed E-state index contributed by atoms with van der Waals surface area (Å²) < 4.78 is 5.39. The molecular formula is C11H20N2O2. The van der Waals surface area contributed by atoms with Crippen LogP contribution in [0.1, 0.15) is 32.6 Å². The molecule has 2 aliphatic heterocycles. The van der Waals surface area contributed by atoms with Crippen molar-refractivity contribution in [3.8, 4) is 0 Å². The van der Waals surface area contributed by atoms with E-state index in [0.29, 0.717) is 12.1 Å². The van der Waals surface area contributed by atoms with Crippen LogP contribution in [0.5, 0.6) is 0 Å². The maximum Gasteiger partial charge on any atom is 0.322 e. The molecule has 0 aromatic heterocycles. The molecule has 4 heteroatoms. The average molecular weight is 212 g/mol. The largest absolute Gasteiger partial charge is 0.461 e. The molecule has 4 nitrogen and oxygen atoms in total. The van der Waals surface area contributed by atoms with Crippen LogP contribution >= 0.6 is 0 Å². The molecule has 2 aliphatic rings. The summed E-state index contributed by atoms with van der Waals surface area (Å²) in [5, 5.41) is 0. The molecule has 2 saturated heterocycles. The number of carbonyl (C=O) groups is 1. The SMILES string of the molecule is C[C@H](N)C(=O)OC1CC2CC[C@H](C1)N2C. The lowest BCUT2D eigenvalue weighted by atomic mass is 10.0. The van der Waals surface area contributed by atoms with Gasteiger partial charge in [0.05, 0.1) is 0 Å². The standard InChI is InChI=1S/C11H20N2O2/c1-7(12)11(14)15-10-5-8-3-4-9(6-10)13(8)2/h7-10H,3-6,12H2,1-2H3/t7-,8+,9?,10?/m0/s1. The van der Waals surface area contributed by atoms with E-state index in [0.717, 1.165) is 12.8 Å². The highest BCUT2D eigenvalue weighted by Crippen LogP contribution is 2.35.